The predicted octanol–water partition coefficient (Wildman–Crippen LogP) is 5.64. The van der Waals surface area contributed by atoms with Gasteiger partial charge in [-0.3, -0.25) is 0 Å². The summed E-state index contributed by atoms with van der Waals surface area (Å²) < 4.78 is 0. The molecule has 0 amide bonds. The number of hydrogen-bond acceptors (Lipinski definition) is 0. The van der Waals surface area contributed by atoms with Crippen molar-refractivity contribution < 1.29 is 0 Å². The molecule has 0 spiro atoms. The van der Waals surface area contributed by atoms with Crippen molar-refractivity contribution in [3.05, 3.63) is 59.7 Å². The van der Waals surface area contributed by atoms with E-state index in [-0.39, 0.29) is 0 Å². The molecule has 19 heavy (non-hydrogen) atoms. The first-order valence-corrected chi connectivity index (χ1v) is 6.69. The number of benzene rings is 2. The fourth-order valence-corrected chi connectivity index (χ4v) is 1.75. The SMILES string of the molecule is C#CC.CC.Cc1ccccc1-c1ccccc1C. The number of rotatable bonds is 1. The second-order valence-electron chi connectivity index (χ2n) is 3.92. The van der Waals surface area contributed by atoms with E-state index in [0.717, 1.165) is 0 Å². The van der Waals surface area contributed by atoms with Crippen LogP contribution in [-0.4, -0.2) is 0 Å². The van der Waals surface area contributed by atoms with Gasteiger partial charge >= 0.3 is 0 Å². The monoisotopic (exact) mass is 252 g/mol. The highest BCUT2D eigenvalue weighted by Crippen LogP contribution is 2.25. The Morgan fingerprint density at radius 3 is 1.26 bits per heavy atom. The molecular weight excluding hydrogens is 228 g/mol. The lowest BCUT2D eigenvalue weighted by Crippen LogP contribution is -1.85. The highest BCUT2D eigenvalue weighted by atomic mass is 14.1. The van der Waals surface area contributed by atoms with Crippen LogP contribution in [0.1, 0.15) is 31.9 Å². The summed E-state index contributed by atoms with van der Waals surface area (Å²) in [7, 11) is 0. The van der Waals surface area contributed by atoms with Gasteiger partial charge in [0.2, 0.25) is 0 Å². The normalized spacial score (nSPS) is 8.21. The summed E-state index contributed by atoms with van der Waals surface area (Å²) in [5, 5.41) is 0. The van der Waals surface area contributed by atoms with Gasteiger partial charge in [0.05, 0.1) is 0 Å². The van der Waals surface area contributed by atoms with Crippen LogP contribution in [0.25, 0.3) is 11.1 Å². The average Bonchev–Trinajstić information content (AvgIpc) is 2.43. The third-order valence-corrected chi connectivity index (χ3v) is 2.58. The van der Waals surface area contributed by atoms with Gasteiger partial charge < -0.3 is 0 Å². The third kappa shape index (κ3) is 5.44. The van der Waals surface area contributed by atoms with Crippen molar-refractivity contribution >= 4 is 0 Å². The fraction of sp³-hybridized carbons (Fsp3) is 0.263. The van der Waals surface area contributed by atoms with Gasteiger partial charge in [-0.05, 0) is 43.0 Å². The molecule has 0 fully saturated rings. The van der Waals surface area contributed by atoms with Crippen LogP contribution in [0.2, 0.25) is 0 Å². The molecule has 2 aromatic carbocycles. The van der Waals surface area contributed by atoms with Gasteiger partial charge in [0.25, 0.3) is 0 Å². The Morgan fingerprint density at radius 2 is 1.00 bits per heavy atom. The van der Waals surface area contributed by atoms with E-state index in [4.69, 9.17) is 0 Å². The number of hydrogen-bond donors (Lipinski definition) is 0. The molecule has 0 unspecified atom stereocenters. The zero-order valence-corrected chi connectivity index (χ0v) is 12.7. The number of aryl methyl sites for hydroxylation is 2. The molecule has 0 heteroatoms. The second-order valence-corrected chi connectivity index (χ2v) is 3.92. The van der Waals surface area contributed by atoms with Crippen molar-refractivity contribution in [2.75, 3.05) is 0 Å². The summed E-state index contributed by atoms with van der Waals surface area (Å²) in [6, 6.07) is 17.0. The Labute approximate surface area is 118 Å². The smallest absolute Gasteiger partial charge is 0.00297 e. The molecular formula is C19H24. The summed E-state index contributed by atoms with van der Waals surface area (Å²) in [6.45, 7) is 9.96. The third-order valence-electron chi connectivity index (χ3n) is 2.58. The van der Waals surface area contributed by atoms with Gasteiger partial charge in [0.1, 0.15) is 0 Å². The minimum absolute atomic E-state index is 1.34. The molecule has 0 aromatic heterocycles. The zero-order chi connectivity index (χ0) is 14.7. The van der Waals surface area contributed by atoms with Crippen LogP contribution < -0.4 is 0 Å². The lowest BCUT2D eigenvalue weighted by molar-refractivity contribution is 1.41. The van der Waals surface area contributed by atoms with Crippen LogP contribution in [-0.2, 0) is 0 Å². The van der Waals surface area contributed by atoms with Crippen molar-refractivity contribution in [1.82, 2.24) is 0 Å². The van der Waals surface area contributed by atoms with E-state index in [0.29, 0.717) is 0 Å². The van der Waals surface area contributed by atoms with Crippen LogP contribution in [0, 0.1) is 26.2 Å². The summed E-state index contributed by atoms with van der Waals surface area (Å²) in [5.74, 6) is 2.25. The van der Waals surface area contributed by atoms with E-state index in [9.17, 15) is 0 Å². The quantitative estimate of drug-likeness (QED) is 0.576. The van der Waals surface area contributed by atoms with Gasteiger partial charge in [0.15, 0.2) is 0 Å². The van der Waals surface area contributed by atoms with Crippen molar-refractivity contribution in [2.24, 2.45) is 0 Å². The molecule has 0 saturated carbocycles. The first-order valence-electron chi connectivity index (χ1n) is 6.69. The van der Waals surface area contributed by atoms with Gasteiger partial charge in [-0.25, -0.2) is 0 Å². The average molecular weight is 252 g/mol. The molecule has 0 nitrogen and oxygen atoms in total. The topological polar surface area (TPSA) is 0 Å². The maximum atomic E-state index is 4.60. The first-order chi connectivity index (χ1) is 9.20. The van der Waals surface area contributed by atoms with Crippen LogP contribution in [0.4, 0.5) is 0 Å². The van der Waals surface area contributed by atoms with Gasteiger partial charge in [-0.1, -0.05) is 62.4 Å². The molecule has 0 aliphatic rings. The molecule has 0 aliphatic heterocycles. The van der Waals surface area contributed by atoms with Crippen molar-refractivity contribution in [3.63, 3.8) is 0 Å². The lowest BCUT2D eigenvalue weighted by Gasteiger charge is -2.08. The van der Waals surface area contributed by atoms with Crippen molar-refractivity contribution in [1.29, 1.82) is 0 Å². The Bertz CT molecular complexity index is 472. The van der Waals surface area contributed by atoms with Crippen LogP contribution >= 0.6 is 0 Å². The van der Waals surface area contributed by atoms with E-state index in [2.05, 4.69) is 74.7 Å². The molecule has 0 aliphatic carbocycles. The second kappa shape index (κ2) is 9.97. The highest BCUT2D eigenvalue weighted by molar-refractivity contribution is 5.70. The van der Waals surface area contributed by atoms with Crippen LogP contribution in [0.15, 0.2) is 48.5 Å². The predicted molar refractivity (Wildman–Crippen MR) is 87.2 cm³/mol. The van der Waals surface area contributed by atoms with Crippen LogP contribution in [0.3, 0.4) is 0 Å². The Balaban J connectivity index is 0.000000573. The van der Waals surface area contributed by atoms with E-state index < -0.39 is 0 Å². The fourth-order valence-electron chi connectivity index (χ4n) is 1.75. The van der Waals surface area contributed by atoms with E-state index in [1.165, 1.54) is 22.3 Å². The molecule has 0 atom stereocenters. The summed E-state index contributed by atoms with van der Waals surface area (Å²) in [5.41, 5.74) is 5.35. The standard InChI is InChI=1S/C14H14.C3H4.C2H6/c1-11-7-3-5-9-13(11)14-10-6-4-8-12(14)2;1-3-2;1-2/h3-10H,1-2H3;1H,2H3;1-2H3. The zero-order valence-electron chi connectivity index (χ0n) is 12.7. The molecule has 0 radical (unpaired) electrons. The minimum atomic E-state index is 1.34. The summed E-state index contributed by atoms with van der Waals surface area (Å²) in [6.07, 6.45) is 4.60. The maximum Gasteiger partial charge on any atom is -0.00297 e. The molecule has 0 heterocycles. The van der Waals surface area contributed by atoms with E-state index >= 15 is 0 Å². The molecule has 0 saturated heterocycles. The maximum absolute atomic E-state index is 4.60. The Hall–Kier alpha value is -2.00. The Kier molecular flexibility index (Phi) is 8.92. The molecule has 100 valence electrons. The van der Waals surface area contributed by atoms with E-state index in [1.807, 2.05) is 13.8 Å². The van der Waals surface area contributed by atoms with Crippen LogP contribution in [0.5, 0.6) is 0 Å². The van der Waals surface area contributed by atoms with E-state index in [1.54, 1.807) is 6.92 Å². The van der Waals surface area contributed by atoms with Gasteiger partial charge in [-0.15, -0.1) is 12.3 Å². The minimum Gasteiger partial charge on any atom is -0.120 e. The molecule has 0 bridgehead atoms. The summed E-state index contributed by atoms with van der Waals surface area (Å²) in [4.78, 5) is 0. The molecule has 2 rings (SSSR count). The molecule has 2 aromatic rings. The lowest BCUT2D eigenvalue weighted by atomic mass is 9.97. The van der Waals surface area contributed by atoms with Crippen molar-refractivity contribution in [3.8, 4) is 23.5 Å². The largest absolute Gasteiger partial charge is 0.120 e. The Morgan fingerprint density at radius 1 is 0.737 bits per heavy atom. The van der Waals surface area contributed by atoms with Crippen molar-refractivity contribution in [2.45, 2.75) is 34.6 Å². The van der Waals surface area contributed by atoms with Gasteiger partial charge in [-0.2, -0.15) is 0 Å². The summed E-state index contributed by atoms with van der Waals surface area (Å²) >= 11 is 0. The highest BCUT2D eigenvalue weighted by Gasteiger charge is 2.02. The van der Waals surface area contributed by atoms with Gasteiger partial charge in [0, 0.05) is 0 Å². The molecule has 0 N–H and O–H groups in total. The number of terminal acetylenes is 1. The first kappa shape index (κ1) is 17.0.